The van der Waals surface area contributed by atoms with Crippen molar-refractivity contribution < 1.29 is 18.7 Å². The number of nitrogens with zero attached hydrogens (tertiary/aromatic N) is 3. The van der Waals surface area contributed by atoms with Gasteiger partial charge >= 0.3 is 5.97 Å². The number of nitrogens with one attached hydrogen (secondary N) is 2. The van der Waals surface area contributed by atoms with Gasteiger partial charge in [-0.25, -0.2) is 13.8 Å². The van der Waals surface area contributed by atoms with E-state index in [0.717, 1.165) is 5.69 Å². The van der Waals surface area contributed by atoms with Gasteiger partial charge < -0.3 is 10.4 Å². The molecule has 0 amide bonds. The molecule has 3 aromatic rings. The first kappa shape index (κ1) is 26.0. The summed E-state index contributed by atoms with van der Waals surface area (Å²) in [5.74, 6) is -1.05. The number of hydrogen-bond donors (Lipinski definition) is 3. The maximum atomic E-state index is 14.8. The average Bonchev–Trinajstić information content (AvgIpc) is 3.26. The van der Waals surface area contributed by atoms with Crippen LogP contribution in [-0.4, -0.2) is 43.7 Å². The Hall–Kier alpha value is -3.04. The zero-order valence-electron chi connectivity index (χ0n) is 20.5. The zero-order chi connectivity index (χ0) is 26.0. The van der Waals surface area contributed by atoms with Gasteiger partial charge in [0.15, 0.2) is 5.82 Å². The minimum absolute atomic E-state index is 0.0433. The Morgan fingerprint density at radius 3 is 2.72 bits per heavy atom. The van der Waals surface area contributed by atoms with Crippen LogP contribution < -0.4 is 5.32 Å². The molecule has 4 rings (SSSR count). The summed E-state index contributed by atoms with van der Waals surface area (Å²) in [7, 11) is 0. The highest BCUT2D eigenvalue weighted by Crippen LogP contribution is 2.40. The van der Waals surface area contributed by atoms with E-state index in [0.29, 0.717) is 48.7 Å². The first-order chi connectivity index (χ1) is 17.1. The maximum absolute atomic E-state index is 14.8. The van der Waals surface area contributed by atoms with Gasteiger partial charge in [0.25, 0.3) is 0 Å². The monoisotopic (exact) mass is 517 g/mol. The van der Waals surface area contributed by atoms with Crippen LogP contribution in [0.2, 0.25) is 5.02 Å². The topological polar surface area (TPSA) is 94.1 Å². The van der Waals surface area contributed by atoms with Gasteiger partial charge in [-0.05, 0) is 57.4 Å². The van der Waals surface area contributed by atoms with E-state index >= 15 is 0 Å². The number of aromatic amines is 1. The predicted octanol–water partition coefficient (Wildman–Crippen LogP) is 5.78. The van der Waals surface area contributed by atoms with Gasteiger partial charge in [0, 0.05) is 36.3 Å². The SMILES string of the molecule is CC[C@@H]1CC(Cc2nc(Nc3cc(C)[nH]n3)ccc2F)(C(=O)O)CCN1Cc1ccc(C)c(Cl)c1F. The minimum atomic E-state index is -1.18. The molecule has 1 aromatic carbocycles. The molecule has 0 radical (unpaired) electrons. The van der Waals surface area contributed by atoms with E-state index < -0.39 is 23.0 Å². The van der Waals surface area contributed by atoms with Crippen molar-refractivity contribution in [1.29, 1.82) is 0 Å². The van der Waals surface area contributed by atoms with E-state index in [1.807, 2.05) is 13.8 Å². The zero-order valence-corrected chi connectivity index (χ0v) is 21.3. The van der Waals surface area contributed by atoms with E-state index in [2.05, 4.69) is 25.4 Å². The Morgan fingerprint density at radius 1 is 1.28 bits per heavy atom. The third kappa shape index (κ3) is 5.37. The van der Waals surface area contributed by atoms with E-state index in [1.165, 1.54) is 12.1 Å². The van der Waals surface area contributed by atoms with Crippen molar-refractivity contribution >= 4 is 29.2 Å². The summed E-state index contributed by atoms with van der Waals surface area (Å²) in [6.45, 7) is 6.34. The lowest BCUT2D eigenvalue weighted by atomic mass is 9.71. The van der Waals surface area contributed by atoms with Crippen LogP contribution in [0.15, 0.2) is 30.3 Å². The number of pyridine rings is 1. The molecule has 2 aromatic heterocycles. The molecule has 7 nitrogen and oxygen atoms in total. The average molecular weight is 518 g/mol. The van der Waals surface area contributed by atoms with Crippen molar-refractivity contribution in [3.05, 3.63) is 69.5 Å². The number of aryl methyl sites for hydroxylation is 2. The Balaban J connectivity index is 1.55. The van der Waals surface area contributed by atoms with E-state index in [-0.39, 0.29) is 29.6 Å². The van der Waals surface area contributed by atoms with Crippen LogP contribution in [0.1, 0.15) is 48.7 Å². The molecule has 2 atom stereocenters. The molecule has 0 aliphatic carbocycles. The number of carboxylic acids is 1. The van der Waals surface area contributed by atoms with Gasteiger partial charge in [0.1, 0.15) is 17.5 Å². The molecule has 0 spiro atoms. The summed E-state index contributed by atoms with van der Waals surface area (Å²) in [6.07, 6.45) is 1.22. The van der Waals surface area contributed by atoms with E-state index in [1.54, 1.807) is 25.1 Å². The number of piperidine rings is 1. The number of halogens is 3. The fraction of sp³-hybridized carbons (Fsp3) is 0.423. The lowest BCUT2D eigenvalue weighted by molar-refractivity contribution is -0.154. The third-order valence-electron chi connectivity index (χ3n) is 7.06. The first-order valence-electron chi connectivity index (χ1n) is 12.0. The minimum Gasteiger partial charge on any atom is -0.481 e. The van der Waals surface area contributed by atoms with E-state index in [9.17, 15) is 18.7 Å². The molecule has 1 saturated heterocycles. The summed E-state index contributed by atoms with van der Waals surface area (Å²) in [5, 5.41) is 20.3. The molecule has 1 fully saturated rings. The number of H-pyrrole nitrogens is 1. The molecule has 36 heavy (non-hydrogen) atoms. The standard InChI is InChI=1S/C26H30ClF2N5O2/c1-4-18-12-26(25(35)36,9-10-34(18)14-17-6-5-15(2)23(27)24(17)29)13-20-19(28)7-8-21(30-20)31-22-11-16(3)32-33-22/h5-8,11,18H,4,9-10,12-14H2,1-3H3,(H,35,36)(H2,30,31,32,33)/t18-,26?/m1/s1. The third-order valence-corrected chi connectivity index (χ3v) is 7.52. The molecular formula is C26H30ClF2N5O2. The highest BCUT2D eigenvalue weighted by molar-refractivity contribution is 6.31. The van der Waals surface area contributed by atoms with Crippen LogP contribution in [0, 0.1) is 30.9 Å². The van der Waals surface area contributed by atoms with Crippen LogP contribution >= 0.6 is 11.6 Å². The maximum Gasteiger partial charge on any atom is 0.310 e. The first-order valence-corrected chi connectivity index (χ1v) is 12.3. The summed E-state index contributed by atoms with van der Waals surface area (Å²) < 4.78 is 29.5. The number of aromatic nitrogens is 3. The van der Waals surface area contributed by atoms with Crippen LogP contribution in [0.3, 0.4) is 0 Å². The van der Waals surface area contributed by atoms with Crippen molar-refractivity contribution in [1.82, 2.24) is 20.1 Å². The quantitative estimate of drug-likeness (QED) is 0.350. The van der Waals surface area contributed by atoms with Gasteiger partial charge in [-0.1, -0.05) is 30.7 Å². The summed E-state index contributed by atoms with van der Waals surface area (Å²) in [5.41, 5.74) is 0.911. The number of hydrogen-bond acceptors (Lipinski definition) is 5. The lowest BCUT2D eigenvalue weighted by Crippen LogP contribution is -2.50. The molecule has 1 unspecified atom stereocenters. The summed E-state index contributed by atoms with van der Waals surface area (Å²) in [6, 6.07) is 7.96. The predicted molar refractivity (Wildman–Crippen MR) is 134 cm³/mol. The molecular weight excluding hydrogens is 488 g/mol. The van der Waals surface area contributed by atoms with Crippen molar-refractivity contribution in [2.45, 2.75) is 59.0 Å². The highest BCUT2D eigenvalue weighted by Gasteiger charge is 2.46. The molecule has 1 aliphatic rings. The molecule has 3 heterocycles. The molecule has 0 saturated carbocycles. The molecule has 10 heteroatoms. The van der Waals surface area contributed by atoms with Crippen molar-refractivity contribution in [3.8, 4) is 0 Å². The second kappa shape index (κ2) is 10.5. The number of aliphatic carboxylic acids is 1. The number of likely N-dealkylation sites (tertiary alicyclic amines) is 1. The number of rotatable bonds is 8. The van der Waals surface area contributed by atoms with Crippen LogP contribution in [0.25, 0.3) is 0 Å². The summed E-state index contributed by atoms with van der Waals surface area (Å²) >= 11 is 6.10. The second-order valence-corrected chi connectivity index (χ2v) is 9.98. The van der Waals surface area contributed by atoms with Gasteiger partial charge in [-0.15, -0.1) is 0 Å². The van der Waals surface area contributed by atoms with Gasteiger partial charge in [-0.3, -0.25) is 14.8 Å². The molecule has 1 aliphatic heterocycles. The normalized spacial score (nSPS) is 20.4. The van der Waals surface area contributed by atoms with Crippen molar-refractivity contribution in [3.63, 3.8) is 0 Å². The smallest absolute Gasteiger partial charge is 0.310 e. The largest absolute Gasteiger partial charge is 0.481 e. The van der Waals surface area contributed by atoms with Crippen LogP contribution in [0.4, 0.5) is 20.4 Å². The summed E-state index contributed by atoms with van der Waals surface area (Å²) in [4.78, 5) is 19.0. The van der Waals surface area contributed by atoms with E-state index in [4.69, 9.17) is 11.6 Å². The van der Waals surface area contributed by atoms with Gasteiger partial charge in [-0.2, -0.15) is 5.10 Å². The molecule has 192 valence electrons. The van der Waals surface area contributed by atoms with Crippen LogP contribution in [-0.2, 0) is 17.8 Å². The Labute approximate surface area is 213 Å². The van der Waals surface area contributed by atoms with Crippen molar-refractivity contribution in [2.24, 2.45) is 5.41 Å². The fourth-order valence-electron chi connectivity index (χ4n) is 4.90. The molecule has 0 bridgehead atoms. The van der Waals surface area contributed by atoms with Crippen LogP contribution in [0.5, 0.6) is 0 Å². The van der Waals surface area contributed by atoms with Gasteiger partial charge in [0.2, 0.25) is 0 Å². The van der Waals surface area contributed by atoms with Gasteiger partial charge in [0.05, 0.1) is 16.1 Å². The Morgan fingerprint density at radius 2 is 2.06 bits per heavy atom. The Bertz CT molecular complexity index is 1270. The lowest BCUT2D eigenvalue weighted by Gasteiger charge is -2.44. The Kier molecular flexibility index (Phi) is 7.61. The number of anilines is 2. The fourth-order valence-corrected chi connectivity index (χ4v) is 5.09. The molecule has 3 N–H and O–H groups in total. The number of benzene rings is 1. The number of carbonyl (C=O) groups is 1. The highest BCUT2D eigenvalue weighted by atomic mass is 35.5. The van der Waals surface area contributed by atoms with Crippen molar-refractivity contribution in [2.75, 3.05) is 11.9 Å². The number of carboxylic acid groups (broad SMARTS) is 1. The second-order valence-electron chi connectivity index (χ2n) is 9.60.